The Balaban J connectivity index is 1.37. The number of carbonyl (C=O) groups is 1. The highest BCUT2D eigenvalue weighted by molar-refractivity contribution is 7.14. The molecule has 1 amide bonds. The molecule has 0 aliphatic rings. The summed E-state index contributed by atoms with van der Waals surface area (Å²) >= 11 is 1.51. The Morgan fingerprint density at radius 2 is 1.95 bits per heavy atom. The zero-order valence-electron chi connectivity index (χ0n) is 21.2. The average Bonchev–Trinajstić information content (AvgIpc) is 3.55. The van der Waals surface area contributed by atoms with Crippen LogP contribution in [-0.2, 0) is 0 Å². The molecule has 0 fully saturated rings. The monoisotopic (exact) mass is 508 g/mol. The number of benzene rings is 2. The maximum absolute atomic E-state index is 13.3. The largest absolute Gasteiger partial charge is 0.331 e. The van der Waals surface area contributed by atoms with Gasteiger partial charge in [-0.3, -0.25) is 9.78 Å². The zero-order chi connectivity index (χ0) is 25.9. The van der Waals surface area contributed by atoms with Gasteiger partial charge in [0.2, 0.25) is 0 Å². The van der Waals surface area contributed by atoms with Crippen LogP contribution in [0.25, 0.3) is 16.9 Å². The lowest BCUT2D eigenvalue weighted by Gasteiger charge is -2.14. The van der Waals surface area contributed by atoms with Gasteiger partial charge in [0.25, 0.3) is 5.91 Å². The molecule has 0 atom stereocenters. The highest BCUT2D eigenvalue weighted by atomic mass is 32.1. The van der Waals surface area contributed by atoms with Gasteiger partial charge in [-0.05, 0) is 73.4 Å². The second kappa shape index (κ2) is 10.4. The minimum Gasteiger partial charge on any atom is -0.331 e. The van der Waals surface area contributed by atoms with E-state index in [4.69, 9.17) is 0 Å². The molecule has 37 heavy (non-hydrogen) atoms. The van der Waals surface area contributed by atoms with Gasteiger partial charge >= 0.3 is 0 Å². The summed E-state index contributed by atoms with van der Waals surface area (Å²) < 4.78 is 1.97. The number of nitrogens with one attached hydrogen (secondary N) is 2. The molecule has 3 aromatic heterocycles. The fourth-order valence-corrected chi connectivity index (χ4v) is 4.68. The molecule has 2 N–H and O–H groups in total. The molecule has 5 rings (SSSR count). The van der Waals surface area contributed by atoms with E-state index in [0.29, 0.717) is 11.5 Å². The number of aryl methyl sites for hydroxylation is 2. The van der Waals surface area contributed by atoms with Crippen LogP contribution in [0.4, 0.5) is 16.5 Å². The Morgan fingerprint density at radius 3 is 2.68 bits per heavy atom. The summed E-state index contributed by atoms with van der Waals surface area (Å²) in [6.07, 6.45) is 7.30. The lowest BCUT2D eigenvalue weighted by molar-refractivity contribution is 0.102. The number of hydrogen-bond donors (Lipinski definition) is 2. The number of anilines is 3. The molecule has 0 saturated carbocycles. The maximum Gasteiger partial charge on any atom is 0.255 e. The number of hydrogen-bond acceptors (Lipinski definition) is 6. The van der Waals surface area contributed by atoms with E-state index in [1.165, 1.54) is 11.3 Å². The molecule has 186 valence electrons. The van der Waals surface area contributed by atoms with Crippen LogP contribution in [-0.4, -0.2) is 25.4 Å². The third-order valence-corrected chi connectivity index (χ3v) is 6.84. The molecule has 0 radical (unpaired) electrons. The van der Waals surface area contributed by atoms with Crippen LogP contribution in [0.5, 0.6) is 0 Å². The summed E-state index contributed by atoms with van der Waals surface area (Å²) in [4.78, 5) is 26.5. The van der Waals surface area contributed by atoms with E-state index in [0.717, 1.165) is 50.3 Å². The normalized spacial score (nSPS) is 11.1. The lowest BCUT2D eigenvalue weighted by atomic mass is 10.0. The van der Waals surface area contributed by atoms with E-state index in [-0.39, 0.29) is 5.91 Å². The predicted molar refractivity (Wildman–Crippen MR) is 150 cm³/mol. The van der Waals surface area contributed by atoms with Crippen molar-refractivity contribution in [3.63, 3.8) is 0 Å². The molecule has 3 heterocycles. The summed E-state index contributed by atoms with van der Waals surface area (Å²) in [5.74, 6) is 0.136. The Kier molecular flexibility index (Phi) is 6.83. The smallest absolute Gasteiger partial charge is 0.255 e. The van der Waals surface area contributed by atoms with E-state index < -0.39 is 0 Å². The van der Waals surface area contributed by atoms with Crippen molar-refractivity contribution in [3.8, 4) is 16.9 Å². The van der Waals surface area contributed by atoms with Crippen molar-refractivity contribution in [1.82, 2.24) is 19.5 Å². The predicted octanol–water partition coefficient (Wildman–Crippen LogP) is 7.13. The fraction of sp³-hybridized carbons (Fsp3) is 0.172. The number of imidazole rings is 1. The van der Waals surface area contributed by atoms with Crippen LogP contribution in [0.1, 0.15) is 46.9 Å². The van der Waals surface area contributed by atoms with Crippen molar-refractivity contribution in [2.24, 2.45) is 0 Å². The number of rotatable bonds is 7. The number of carbonyl (C=O) groups excluding carboxylic acids is 1. The molecular formula is C29H28N6OS. The van der Waals surface area contributed by atoms with E-state index >= 15 is 0 Å². The highest BCUT2D eigenvalue weighted by Crippen LogP contribution is 2.29. The zero-order valence-corrected chi connectivity index (χ0v) is 22.0. The molecule has 0 bridgehead atoms. The molecule has 5 aromatic rings. The first-order valence-electron chi connectivity index (χ1n) is 12.1. The Bertz CT molecular complexity index is 1550. The molecule has 8 heteroatoms. The summed E-state index contributed by atoms with van der Waals surface area (Å²) in [6, 6.07) is 15.6. The molecular weight excluding hydrogens is 480 g/mol. The van der Waals surface area contributed by atoms with Gasteiger partial charge in [0.05, 0.1) is 17.7 Å². The van der Waals surface area contributed by atoms with E-state index in [9.17, 15) is 4.79 Å². The van der Waals surface area contributed by atoms with Crippen molar-refractivity contribution in [2.75, 3.05) is 10.6 Å². The van der Waals surface area contributed by atoms with Crippen LogP contribution in [0, 0.1) is 13.8 Å². The number of pyridine rings is 1. The molecule has 0 aliphatic carbocycles. The summed E-state index contributed by atoms with van der Waals surface area (Å²) in [7, 11) is 0. The second-order valence-electron chi connectivity index (χ2n) is 9.28. The van der Waals surface area contributed by atoms with Gasteiger partial charge in [-0.1, -0.05) is 19.9 Å². The van der Waals surface area contributed by atoms with Crippen LogP contribution in [0.3, 0.4) is 0 Å². The van der Waals surface area contributed by atoms with Crippen molar-refractivity contribution >= 4 is 33.8 Å². The first-order chi connectivity index (χ1) is 17.9. The van der Waals surface area contributed by atoms with Crippen molar-refractivity contribution in [3.05, 3.63) is 101 Å². The minimum absolute atomic E-state index is 0.174. The SMILES string of the molecule is Cc1cn(-c2cc(NC(=O)c3ccc(C)c(Nc4nc(-c5cccnc5)cs4)c3)cc(C(C)C)c2)cn1. The van der Waals surface area contributed by atoms with Gasteiger partial charge in [-0.25, -0.2) is 9.97 Å². The van der Waals surface area contributed by atoms with Gasteiger partial charge in [0.15, 0.2) is 5.13 Å². The van der Waals surface area contributed by atoms with Gasteiger partial charge in [0, 0.05) is 52.2 Å². The third kappa shape index (κ3) is 5.59. The Morgan fingerprint density at radius 1 is 1.08 bits per heavy atom. The third-order valence-electron chi connectivity index (χ3n) is 6.08. The Labute approximate surface area is 220 Å². The van der Waals surface area contributed by atoms with Gasteiger partial charge in [-0.2, -0.15) is 0 Å². The topological polar surface area (TPSA) is 84.7 Å². The fourth-order valence-electron chi connectivity index (χ4n) is 3.95. The van der Waals surface area contributed by atoms with E-state index in [1.54, 1.807) is 18.7 Å². The number of nitrogens with zero attached hydrogens (tertiary/aromatic N) is 4. The van der Waals surface area contributed by atoms with Crippen LogP contribution >= 0.6 is 11.3 Å². The second-order valence-corrected chi connectivity index (χ2v) is 10.1. The van der Waals surface area contributed by atoms with Gasteiger partial charge in [0.1, 0.15) is 0 Å². The van der Waals surface area contributed by atoms with Crippen LogP contribution in [0.15, 0.2) is 78.8 Å². The van der Waals surface area contributed by atoms with Crippen molar-refractivity contribution in [2.45, 2.75) is 33.6 Å². The van der Waals surface area contributed by atoms with Gasteiger partial charge < -0.3 is 15.2 Å². The number of aromatic nitrogens is 4. The van der Waals surface area contributed by atoms with E-state index in [1.807, 2.05) is 72.5 Å². The molecule has 2 aromatic carbocycles. The minimum atomic E-state index is -0.174. The van der Waals surface area contributed by atoms with E-state index in [2.05, 4.69) is 45.5 Å². The molecule has 0 saturated heterocycles. The van der Waals surface area contributed by atoms with Crippen LogP contribution < -0.4 is 10.6 Å². The number of amides is 1. The summed E-state index contributed by atoms with van der Waals surface area (Å²) in [5, 5.41) is 9.21. The molecule has 0 unspecified atom stereocenters. The van der Waals surface area contributed by atoms with Crippen LogP contribution in [0.2, 0.25) is 0 Å². The standard InChI is InChI=1S/C29H28N6OS/c1-18(2)23-10-24(13-25(11-23)35-15-20(4)31-17-35)32-28(36)21-8-7-19(3)26(12-21)33-29-34-27(16-37-29)22-6-5-9-30-14-22/h5-18H,1-4H3,(H,32,36)(H,33,34). The Hall–Kier alpha value is -4.30. The van der Waals surface area contributed by atoms with Gasteiger partial charge in [-0.15, -0.1) is 11.3 Å². The highest BCUT2D eigenvalue weighted by Gasteiger charge is 2.13. The first kappa shape index (κ1) is 24.4. The van der Waals surface area contributed by atoms with Crippen molar-refractivity contribution < 1.29 is 4.79 Å². The first-order valence-corrected chi connectivity index (χ1v) is 12.9. The average molecular weight is 509 g/mol. The maximum atomic E-state index is 13.3. The lowest BCUT2D eigenvalue weighted by Crippen LogP contribution is -2.13. The quantitative estimate of drug-likeness (QED) is 0.244. The molecule has 7 nitrogen and oxygen atoms in total. The number of thiazole rings is 1. The summed E-state index contributed by atoms with van der Waals surface area (Å²) in [6.45, 7) is 8.24. The van der Waals surface area contributed by atoms with Crippen molar-refractivity contribution in [1.29, 1.82) is 0 Å². The molecule has 0 spiro atoms. The summed E-state index contributed by atoms with van der Waals surface area (Å²) in [5.41, 5.74) is 8.03. The molecule has 0 aliphatic heterocycles.